The quantitative estimate of drug-likeness (QED) is 0.836. The predicted molar refractivity (Wildman–Crippen MR) is 84.6 cm³/mol. The molecule has 1 heterocycles. The second-order valence-electron chi connectivity index (χ2n) is 6.08. The molecule has 1 aliphatic carbocycles. The molecule has 5 nitrogen and oxygen atoms in total. The van der Waals surface area contributed by atoms with E-state index < -0.39 is 12.0 Å². The van der Waals surface area contributed by atoms with Gasteiger partial charge in [0, 0.05) is 17.8 Å². The van der Waals surface area contributed by atoms with Gasteiger partial charge in [-0.3, -0.25) is 0 Å². The van der Waals surface area contributed by atoms with Crippen molar-refractivity contribution in [3.8, 4) is 0 Å². The monoisotopic (exact) mass is 314 g/mol. The number of piperidine rings is 1. The molecule has 2 rings (SSSR count). The van der Waals surface area contributed by atoms with Gasteiger partial charge in [0.25, 0.3) is 0 Å². The predicted octanol–water partition coefficient (Wildman–Crippen LogP) is 2.56. The summed E-state index contributed by atoms with van der Waals surface area (Å²) in [6, 6.07) is -0.686. The normalized spacial score (nSPS) is 33.0. The number of amides is 2. The van der Waals surface area contributed by atoms with Crippen molar-refractivity contribution in [1.82, 2.24) is 10.2 Å². The van der Waals surface area contributed by atoms with E-state index in [9.17, 15) is 14.7 Å². The minimum atomic E-state index is -0.886. The molecular weight excluding hydrogens is 288 g/mol. The first kappa shape index (κ1) is 16.5. The zero-order valence-electron chi connectivity index (χ0n) is 12.9. The molecule has 0 radical (unpaired) electrons. The highest BCUT2D eigenvalue weighted by Crippen LogP contribution is 2.30. The third-order valence-corrected chi connectivity index (χ3v) is 5.92. The Balaban J connectivity index is 1.99. The van der Waals surface area contributed by atoms with Gasteiger partial charge in [-0.1, -0.05) is 20.3 Å². The Bertz CT molecular complexity index is 391. The molecule has 2 N–H and O–H groups in total. The van der Waals surface area contributed by atoms with Crippen LogP contribution in [0, 0.1) is 5.92 Å². The van der Waals surface area contributed by atoms with E-state index in [4.69, 9.17) is 0 Å². The molecule has 6 heteroatoms. The number of nitrogens with zero attached hydrogens (tertiary/aromatic N) is 1. The molecule has 0 aromatic heterocycles. The van der Waals surface area contributed by atoms with Gasteiger partial charge in [0.15, 0.2) is 0 Å². The molecule has 1 saturated heterocycles. The second kappa shape index (κ2) is 7.38. The molecule has 2 fully saturated rings. The van der Waals surface area contributed by atoms with Crippen LogP contribution in [0.2, 0.25) is 0 Å². The molecule has 4 unspecified atom stereocenters. The van der Waals surface area contributed by atoms with Crippen molar-refractivity contribution in [2.75, 3.05) is 12.3 Å². The number of carbonyl (C=O) groups excluding carboxylic acids is 1. The van der Waals surface area contributed by atoms with Gasteiger partial charge in [-0.25, -0.2) is 9.59 Å². The van der Waals surface area contributed by atoms with Crippen molar-refractivity contribution < 1.29 is 14.7 Å². The number of rotatable bonds is 4. The van der Waals surface area contributed by atoms with Gasteiger partial charge in [0.2, 0.25) is 0 Å². The molecule has 0 spiro atoms. The summed E-state index contributed by atoms with van der Waals surface area (Å²) in [7, 11) is 0. The standard InChI is InChI=1S/C15H26N2O3S/c1-3-21-12-8-4-7-11(12)16-15(20)17-9-5-6-10(2)13(17)14(18)19/h10-13H,3-9H2,1-2H3,(H,16,20)(H,18,19). The third-order valence-electron chi connectivity index (χ3n) is 4.59. The molecule has 2 aliphatic rings. The van der Waals surface area contributed by atoms with E-state index in [1.807, 2.05) is 18.7 Å². The summed E-state index contributed by atoms with van der Waals surface area (Å²) in [5.41, 5.74) is 0. The fourth-order valence-corrected chi connectivity index (χ4v) is 4.74. The molecule has 21 heavy (non-hydrogen) atoms. The van der Waals surface area contributed by atoms with Crippen molar-refractivity contribution in [1.29, 1.82) is 0 Å². The fraction of sp³-hybridized carbons (Fsp3) is 0.867. The smallest absolute Gasteiger partial charge is 0.326 e. The zero-order chi connectivity index (χ0) is 15.4. The van der Waals surface area contributed by atoms with Crippen molar-refractivity contribution in [2.45, 2.75) is 63.3 Å². The van der Waals surface area contributed by atoms with Crippen molar-refractivity contribution in [2.24, 2.45) is 5.92 Å². The average Bonchev–Trinajstić information content (AvgIpc) is 2.85. The van der Waals surface area contributed by atoms with Gasteiger partial charge in [-0.2, -0.15) is 11.8 Å². The van der Waals surface area contributed by atoms with Gasteiger partial charge in [0.1, 0.15) is 6.04 Å². The molecule has 0 aromatic rings. The van der Waals surface area contributed by atoms with Crippen LogP contribution in [0.4, 0.5) is 4.79 Å². The van der Waals surface area contributed by atoms with E-state index in [1.54, 1.807) is 0 Å². The van der Waals surface area contributed by atoms with Gasteiger partial charge >= 0.3 is 12.0 Å². The lowest BCUT2D eigenvalue weighted by Gasteiger charge is -2.38. The van der Waals surface area contributed by atoms with Gasteiger partial charge in [-0.05, 0) is 37.4 Å². The van der Waals surface area contributed by atoms with Crippen LogP contribution < -0.4 is 5.32 Å². The number of likely N-dealkylation sites (tertiary alicyclic amines) is 1. The van der Waals surface area contributed by atoms with Crippen LogP contribution in [-0.2, 0) is 4.79 Å². The maximum atomic E-state index is 12.5. The average molecular weight is 314 g/mol. The Morgan fingerprint density at radius 3 is 2.71 bits per heavy atom. The fourth-order valence-electron chi connectivity index (χ4n) is 3.54. The van der Waals surface area contributed by atoms with Crippen LogP contribution in [0.3, 0.4) is 0 Å². The van der Waals surface area contributed by atoms with Crippen molar-refractivity contribution in [3.63, 3.8) is 0 Å². The molecule has 1 saturated carbocycles. The number of hydrogen-bond donors (Lipinski definition) is 2. The summed E-state index contributed by atoms with van der Waals surface area (Å²) in [6.45, 7) is 4.60. The molecule has 2 amide bonds. The van der Waals surface area contributed by atoms with Gasteiger partial charge < -0.3 is 15.3 Å². The number of carboxylic acids is 1. The number of nitrogens with one attached hydrogen (secondary N) is 1. The summed E-state index contributed by atoms with van der Waals surface area (Å²) in [5.74, 6) is 0.185. The Morgan fingerprint density at radius 1 is 1.29 bits per heavy atom. The Labute approximate surface area is 130 Å². The maximum Gasteiger partial charge on any atom is 0.326 e. The van der Waals surface area contributed by atoms with Gasteiger partial charge in [-0.15, -0.1) is 0 Å². The summed E-state index contributed by atoms with van der Waals surface area (Å²) in [5, 5.41) is 13.0. The summed E-state index contributed by atoms with van der Waals surface area (Å²) < 4.78 is 0. The minimum absolute atomic E-state index is 0.0198. The zero-order valence-corrected chi connectivity index (χ0v) is 13.7. The molecule has 4 atom stereocenters. The number of aliphatic carboxylic acids is 1. The van der Waals surface area contributed by atoms with Crippen molar-refractivity contribution >= 4 is 23.8 Å². The van der Waals surface area contributed by atoms with Crippen LogP contribution >= 0.6 is 11.8 Å². The largest absolute Gasteiger partial charge is 0.480 e. The van der Waals surface area contributed by atoms with Crippen LogP contribution in [0.1, 0.15) is 46.0 Å². The SMILES string of the molecule is CCSC1CCCC1NC(=O)N1CCCC(C)C1C(=O)O. The highest BCUT2D eigenvalue weighted by atomic mass is 32.2. The highest BCUT2D eigenvalue weighted by Gasteiger charge is 2.38. The highest BCUT2D eigenvalue weighted by molar-refractivity contribution is 7.99. The molecule has 120 valence electrons. The lowest BCUT2D eigenvalue weighted by Crippen LogP contribution is -2.57. The first-order chi connectivity index (χ1) is 10.0. The molecule has 1 aliphatic heterocycles. The van der Waals surface area contributed by atoms with Crippen LogP contribution in [0.5, 0.6) is 0 Å². The van der Waals surface area contributed by atoms with E-state index in [0.29, 0.717) is 11.8 Å². The topological polar surface area (TPSA) is 69.6 Å². The second-order valence-corrected chi connectivity index (χ2v) is 7.59. The molecular formula is C15H26N2O3S. The Hall–Kier alpha value is -0.910. The molecule has 0 aromatic carbocycles. The molecule has 0 bridgehead atoms. The van der Waals surface area contributed by atoms with E-state index >= 15 is 0 Å². The van der Waals surface area contributed by atoms with E-state index in [-0.39, 0.29) is 18.0 Å². The number of hydrogen-bond acceptors (Lipinski definition) is 3. The van der Waals surface area contributed by atoms with Crippen LogP contribution in [0.25, 0.3) is 0 Å². The Morgan fingerprint density at radius 2 is 2.05 bits per heavy atom. The number of carboxylic acid groups (broad SMARTS) is 1. The van der Waals surface area contributed by atoms with Crippen LogP contribution in [0.15, 0.2) is 0 Å². The first-order valence-electron chi connectivity index (χ1n) is 7.96. The first-order valence-corrected chi connectivity index (χ1v) is 9.01. The van der Waals surface area contributed by atoms with Crippen LogP contribution in [-0.4, -0.2) is 51.6 Å². The summed E-state index contributed by atoms with van der Waals surface area (Å²) >= 11 is 1.89. The number of urea groups is 1. The van der Waals surface area contributed by atoms with Crippen molar-refractivity contribution in [3.05, 3.63) is 0 Å². The van der Waals surface area contributed by atoms with E-state index in [2.05, 4.69) is 12.2 Å². The minimum Gasteiger partial charge on any atom is -0.480 e. The van der Waals surface area contributed by atoms with E-state index in [1.165, 1.54) is 4.90 Å². The number of carbonyl (C=O) groups is 2. The lowest BCUT2D eigenvalue weighted by molar-refractivity contribution is -0.145. The number of thioether (sulfide) groups is 1. The lowest BCUT2D eigenvalue weighted by atomic mass is 9.91. The Kier molecular flexibility index (Phi) is 5.79. The van der Waals surface area contributed by atoms with E-state index in [0.717, 1.165) is 37.9 Å². The maximum absolute atomic E-state index is 12.5. The summed E-state index contributed by atoms with van der Waals surface area (Å²) in [4.78, 5) is 25.5. The summed E-state index contributed by atoms with van der Waals surface area (Å²) in [6.07, 6.45) is 5.04. The van der Waals surface area contributed by atoms with Gasteiger partial charge in [0.05, 0.1) is 0 Å². The third kappa shape index (κ3) is 3.84.